The van der Waals surface area contributed by atoms with Gasteiger partial charge in [-0.3, -0.25) is 9.59 Å². The van der Waals surface area contributed by atoms with Crippen LogP contribution in [0.15, 0.2) is 54.1 Å². The molecule has 2 aromatic carbocycles. The predicted octanol–water partition coefficient (Wildman–Crippen LogP) is 5.43. The molecule has 0 saturated carbocycles. The molecule has 0 aliphatic heterocycles. The summed E-state index contributed by atoms with van der Waals surface area (Å²) in [6.07, 6.45) is 1.69. The van der Waals surface area contributed by atoms with E-state index in [4.69, 9.17) is 10.2 Å². The van der Waals surface area contributed by atoms with Crippen LogP contribution in [-0.2, 0) is 6.54 Å². The fraction of sp³-hybridized carbons (Fsp3) is 0.120. The van der Waals surface area contributed by atoms with Crippen LogP contribution in [0.2, 0.25) is 0 Å². The van der Waals surface area contributed by atoms with Gasteiger partial charge in [-0.25, -0.2) is 4.98 Å². The topological polar surface area (TPSA) is 75.8 Å². The average Bonchev–Trinajstić information content (AvgIpc) is 3.40. The Morgan fingerprint density at radius 2 is 1.81 bits per heavy atom. The number of allylic oxidation sites excluding steroid dienone is 1. The van der Waals surface area contributed by atoms with Crippen LogP contribution in [0.25, 0.3) is 27.0 Å². The number of nitrogens with zero attached hydrogens (tertiary/aromatic N) is 3. The van der Waals surface area contributed by atoms with Gasteiger partial charge in [-0.05, 0) is 44.2 Å². The van der Waals surface area contributed by atoms with E-state index in [9.17, 15) is 9.59 Å². The summed E-state index contributed by atoms with van der Waals surface area (Å²) in [6, 6.07) is 16.8. The van der Waals surface area contributed by atoms with Crippen molar-refractivity contribution in [3.8, 4) is 16.6 Å². The van der Waals surface area contributed by atoms with Crippen molar-refractivity contribution in [2.75, 3.05) is 0 Å². The number of fused-ring (bicyclic) bond motifs is 2. The Kier molecular flexibility index (Phi) is 4.42. The first-order valence-corrected chi connectivity index (χ1v) is 10.7. The summed E-state index contributed by atoms with van der Waals surface area (Å²) in [4.78, 5) is 30.5. The smallest absolute Gasteiger partial charge is 0.197 e. The van der Waals surface area contributed by atoms with Gasteiger partial charge < -0.3 is 4.57 Å². The molecular weight excluding hydrogens is 406 g/mol. The van der Waals surface area contributed by atoms with Gasteiger partial charge >= 0.3 is 0 Å². The van der Waals surface area contributed by atoms with Crippen LogP contribution in [0.5, 0.6) is 0 Å². The van der Waals surface area contributed by atoms with Crippen molar-refractivity contribution in [3.63, 3.8) is 0 Å². The second-order valence-electron chi connectivity index (χ2n) is 7.47. The maximum Gasteiger partial charge on any atom is 0.197 e. The molecule has 31 heavy (non-hydrogen) atoms. The number of hydrogen-bond acceptors (Lipinski definition) is 5. The zero-order valence-electron chi connectivity index (χ0n) is 17.0. The van der Waals surface area contributed by atoms with E-state index in [1.54, 1.807) is 41.7 Å². The van der Waals surface area contributed by atoms with Crippen LogP contribution in [0, 0.1) is 18.3 Å². The van der Waals surface area contributed by atoms with Crippen LogP contribution < -0.4 is 0 Å². The Bertz CT molecular complexity index is 1460. The number of benzene rings is 2. The molecule has 0 N–H and O–H groups in total. The molecule has 0 unspecified atom stereocenters. The number of thiazole rings is 1. The third-order valence-electron chi connectivity index (χ3n) is 5.50. The van der Waals surface area contributed by atoms with E-state index < -0.39 is 0 Å². The highest BCUT2D eigenvalue weighted by molar-refractivity contribution is 7.21. The Morgan fingerprint density at radius 1 is 1.06 bits per heavy atom. The first-order chi connectivity index (χ1) is 15.0. The molecule has 0 amide bonds. The zero-order valence-corrected chi connectivity index (χ0v) is 17.8. The number of Topliss-reactive ketones (excluding diaryl/α,β-unsaturated/α-hetero) is 2. The van der Waals surface area contributed by atoms with E-state index in [0.717, 1.165) is 32.2 Å². The van der Waals surface area contributed by atoms with Crippen molar-refractivity contribution in [2.45, 2.75) is 20.4 Å². The molecule has 150 valence electrons. The molecule has 4 aromatic rings. The minimum absolute atomic E-state index is 0.202. The van der Waals surface area contributed by atoms with Gasteiger partial charge in [-0.15, -0.1) is 11.3 Å². The second-order valence-corrected chi connectivity index (χ2v) is 8.51. The van der Waals surface area contributed by atoms with Crippen molar-refractivity contribution in [3.05, 3.63) is 82.1 Å². The van der Waals surface area contributed by atoms with Crippen molar-refractivity contribution < 1.29 is 9.59 Å². The van der Waals surface area contributed by atoms with Gasteiger partial charge in [0.2, 0.25) is 0 Å². The summed E-state index contributed by atoms with van der Waals surface area (Å²) in [5.74, 6) is -0.444. The lowest BCUT2D eigenvalue weighted by Crippen LogP contribution is -2.03. The third-order valence-corrected chi connectivity index (χ3v) is 6.54. The van der Waals surface area contributed by atoms with Crippen LogP contribution in [0.1, 0.15) is 44.5 Å². The summed E-state index contributed by atoms with van der Waals surface area (Å²) in [5.41, 5.74) is 5.29. The Hall–Kier alpha value is -3.82. The maximum absolute atomic E-state index is 12.9. The number of rotatable bonds is 3. The van der Waals surface area contributed by atoms with Gasteiger partial charge in [-0.1, -0.05) is 29.8 Å². The number of carbonyl (C=O) groups is 2. The monoisotopic (exact) mass is 423 g/mol. The summed E-state index contributed by atoms with van der Waals surface area (Å²) >= 11 is 1.55. The molecule has 5 rings (SSSR count). The lowest BCUT2D eigenvalue weighted by atomic mass is 10.1. The Morgan fingerprint density at radius 3 is 2.52 bits per heavy atom. The molecule has 5 nitrogen and oxygen atoms in total. The van der Waals surface area contributed by atoms with E-state index in [0.29, 0.717) is 23.2 Å². The number of nitriles is 1. The molecule has 0 bridgehead atoms. The standard InChI is InChI=1S/C25H17N3O2S/c1-3-28-17(11-20-22(29)18-9-4-14(2)10-19(18)23(20)30)12-21-24(28)27-25(31-21)16-7-5-15(13-26)6-8-16/h4-12H,3H2,1-2H3/b20-11-. The minimum atomic E-state index is -0.224. The second kappa shape index (κ2) is 7.15. The van der Waals surface area contributed by atoms with Crippen molar-refractivity contribution >= 4 is 39.3 Å². The molecule has 2 heterocycles. The summed E-state index contributed by atoms with van der Waals surface area (Å²) in [7, 11) is 0. The van der Waals surface area contributed by atoms with Crippen LogP contribution >= 0.6 is 11.3 Å². The van der Waals surface area contributed by atoms with Crippen LogP contribution in [-0.4, -0.2) is 21.1 Å². The largest absolute Gasteiger partial charge is 0.325 e. The number of hydrogen-bond donors (Lipinski definition) is 0. The molecule has 0 saturated heterocycles. The maximum atomic E-state index is 12.9. The highest BCUT2D eigenvalue weighted by atomic mass is 32.1. The van der Waals surface area contributed by atoms with Crippen molar-refractivity contribution in [1.29, 1.82) is 5.26 Å². The zero-order chi connectivity index (χ0) is 21.7. The SMILES string of the molecule is CCn1c(/C=C2/C(=O)c3ccc(C)cc3C2=O)cc2sc(-c3ccc(C#N)cc3)nc21. The van der Waals surface area contributed by atoms with Gasteiger partial charge in [0.05, 0.1) is 21.9 Å². The first-order valence-electron chi connectivity index (χ1n) is 9.92. The molecule has 2 aromatic heterocycles. The van der Waals surface area contributed by atoms with Crippen LogP contribution in [0.4, 0.5) is 0 Å². The number of carbonyl (C=O) groups excluding carboxylic acids is 2. The molecule has 1 aliphatic rings. The quantitative estimate of drug-likeness (QED) is 0.325. The van der Waals surface area contributed by atoms with Crippen molar-refractivity contribution in [1.82, 2.24) is 9.55 Å². The molecule has 0 fully saturated rings. The number of aromatic nitrogens is 2. The van der Waals surface area contributed by atoms with E-state index in [-0.39, 0.29) is 17.1 Å². The fourth-order valence-corrected chi connectivity index (χ4v) is 4.95. The summed E-state index contributed by atoms with van der Waals surface area (Å²) < 4.78 is 3.00. The van der Waals surface area contributed by atoms with Gasteiger partial charge in [0.1, 0.15) is 5.01 Å². The van der Waals surface area contributed by atoms with E-state index in [1.165, 1.54) is 0 Å². The van der Waals surface area contributed by atoms with Gasteiger partial charge in [0.15, 0.2) is 17.2 Å². The average molecular weight is 423 g/mol. The van der Waals surface area contributed by atoms with Gasteiger partial charge in [-0.2, -0.15) is 5.26 Å². The molecular formula is C25H17N3O2S. The summed E-state index contributed by atoms with van der Waals surface area (Å²) in [6.45, 7) is 4.58. The Balaban J connectivity index is 1.57. The molecule has 0 radical (unpaired) electrons. The van der Waals surface area contributed by atoms with Crippen LogP contribution in [0.3, 0.4) is 0 Å². The molecule has 1 aliphatic carbocycles. The Labute approximate surface area is 182 Å². The lowest BCUT2D eigenvalue weighted by Gasteiger charge is -2.04. The highest BCUT2D eigenvalue weighted by Gasteiger charge is 2.33. The van der Waals surface area contributed by atoms with Gasteiger partial charge in [0.25, 0.3) is 0 Å². The minimum Gasteiger partial charge on any atom is -0.325 e. The van der Waals surface area contributed by atoms with E-state index >= 15 is 0 Å². The van der Waals surface area contributed by atoms with E-state index in [1.807, 2.05) is 42.7 Å². The molecule has 0 spiro atoms. The lowest BCUT2D eigenvalue weighted by molar-refractivity contribution is 0.0990. The molecule has 6 heteroatoms. The fourth-order valence-electron chi connectivity index (χ4n) is 3.92. The van der Waals surface area contributed by atoms with E-state index in [2.05, 4.69) is 6.07 Å². The predicted molar refractivity (Wildman–Crippen MR) is 121 cm³/mol. The third kappa shape index (κ3) is 3.02. The first kappa shape index (κ1) is 19.2. The summed E-state index contributed by atoms with van der Waals surface area (Å²) in [5, 5.41) is 9.85. The van der Waals surface area contributed by atoms with Gasteiger partial charge in [0, 0.05) is 28.9 Å². The molecule has 0 atom stereocenters. The number of ketones is 2. The number of aryl methyl sites for hydroxylation is 2. The normalized spacial score (nSPS) is 14.4. The highest BCUT2D eigenvalue weighted by Crippen LogP contribution is 2.34. The van der Waals surface area contributed by atoms with Crippen molar-refractivity contribution in [2.24, 2.45) is 0 Å².